The Morgan fingerprint density at radius 1 is 0.850 bits per heavy atom. The van der Waals surface area contributed by atoms with Crippen LogP contribution in [0.15, 0.2) is 22.0 Å². The first-order chi connectivity index (χ1) is 9.52. The third-order valence-electron chi connectivity index (χ3n) is 3.50. The number of hydrogen-bond acceptors (Lipinski definition) is 2. The molecular formula is C18H36N2. The monoisotopic (exact) mass is 280 g/mol. The summed E-state index contributed by atoms with van der Waals surface area (Å²) in [6.45, 7) is 12.2. The van der Waals surface area contributed by atoms with Gasteiger partial charge in [-0.1, -0.05) is 65.4 Å². The standard InChI is InChI=1S/C18H36N2/c1-16(2)11-7-6-10-14-19-20-15-18(5)13-9-8-12-17(3)4/h15-17H,6-14H2,1-5H3/b18-15+,20-19-. The molecule has 0 fully saturated rings. The molecule has 2 heteroatoms. The van der Waals surface area contributed by atoms with Crippen LogP contribution in [-0.2, 0) is 0 Å². The summed E-state index contributed by atoms with van der Waals surface area (Å²) in [5.74, 6) is 1.66. The van der Waals surface area contributed by atoms with Crippen LogP contribution in [0.4, 0.5) is 0 Å². The minimum atomic E-state index is 0.828. The van der Waals surface area contributed by atoms with Crippen LogP contribution in [0, 0.1) is 11.8 Å². The van der Waals surface area contributed by atoms with E-state index >= 15 is 0 Å². The molecule has 0 aromatic rings. The zero-order valence-corrected chi connectivity index (χ0v) is 14.5. The molecule has 0 aromatic heterocycles. The summed E-state index contributed by atoms with van der Waals surface area (Å²) in [6.07, 6.45) is 12.2. The average molecular weight is 280 g/mol. The lowest BCUT2D eigenvalue weighted by Gasteiger charge is -2.03. The van der Waals surface area contributed by atoms with E-state index in [1.165, 1.54) is 56.9 Å². The van der Waals surface area contributed by atoms with Crippen LogP contribution in [0.25, 0.3) is 0 Å². The molecule has 0 N–H and O–H groups in total. The van der Waals surface area contributed by atoms with E-state index in [0.717, 1.165) is 18.4 Å². The lowest BCUT2D eigenvalue weighted by atomic mass is 10.0. The molecular weight excluding hydrogens is 244 g/mol. The Morgan fingerprint density at radius 3 is 2.05 bits per heavy atom. The average Bonchev–Trinajstić information content (AvgIpc) is 2.37. The summed E-state index contributed by atoms with van der Waals surface area (Å²) in [5.41, 5.74) is 1.36. The van der Waals surface area contributed by atoms with Gasteiger partial charge in [0.25, 0.3) is 0 Å². The van der Waals surface area contributed by atoms with E-state index in [0.29, 0.717) is 0 Å². The molecule has 0 rings (SSSR count). The molecule has 0 saturated carbocycles. The molecule has 0 amide bonds. The van der Waals surface area contributed by atoms with Crippen LogP contribution in [-0.4, -0.2) is 6.54 Å². The van der Waals surface area contributed by atoms with Gasteiger partial charge in [-0.05, 0) is 38.0 Å². The Labute approximate surface area is 127 Å². The first-order valence-corrected chi connectivity index (χ1v) is 8.54. The highest BCUT2D eigenvalue weighted by Gasteiger charge is 1.95. The highest BCUT2D eigenvalue weighted by atomic mass is 15.1. The van der Waals surface area contributed by atoms with Gasteiger partial charge in [-0.2, -0.15) is 10.2 Å². The van der Waals surface area contributed by atoms with Crippen LogP contribution >= 0.6 is 0 Å². The normalized spacial score (nSPS) is 13.1. The highest BCUT2D eigenvalue weighted by molar-refractivity contribution is 4.95. The van der Waals surface area contributed by atoms with Crippen LogP contribution < -0.4 is 0 Å². The second kappa shape index (κ2) is 13.3. The number of unbranched alkanes of at least 4 members (excludes halogenated alkanes) is 3. The molecule has 0 aliphatic carbocycles. The van der Waals surface area contributed by atoms with Gasteiger partial charge in [0, 0.05) is 6.20 Å². The van der Waals surface area contributed by atoms with Crippen LogP contribution in [0.5, 0.6) is 0 Å². The van der Waals surface area contributed by atoms with E-state index in [4.69, 9.17) is 0 Å². The number of allylic oxidation sites excluding steroid dienone is 1. The second-order valence-electron chi connectivity index (χ2n) is 6.84. The van der Waals surface area contributed by atoms with Crippen molar-refractivity contribution in [1.82, 2.24) is 0 Å². The summed E-state index contributed by atoms with van der Waals surface area (Å²) < 4.78 is 0. The molecule has 0 unspecified atom stereocenters. The van der Waals surface area contributed by atoms with Gasteiger partial charge in [-0.3, -0.25) is 0 Å². The summed E-state index contributed by atoms with van der Waals surface area (Å²) in [6, 6.07) is 0. The van der Waals surface area contributed by atoms with Crippen molar-refractivity contribution in [1.29, 1.82) is 0 Å². The molecule has 0 spiro atoms. The lowest BCUT2D eigenvalue weighted by molar-refractivity contribution is 0.528. The molecule has 2 nitrogen and oxygen atoms in total. The summed E-state index contributed by atoms with van der Waals surface area (Å²) in [7, 11) is 0. The molecule has 0 bridgehead atoms. The Morgan fingerprint density at radius 2 is 1.45 bits per heavy atom. The third kappa shape index (κ3) is 15.4. The van der Waals surface area contributed by atoms with Crippen molar-refractivity contribution in [2.75, 3.05) is 6.54 Å². The number of hydrogen-bond donors (Lipinski definition) is 0. The maximum atomic E-state index is 4.23. The van der Waals surface area contributed by atoms with Gasteiger partial charge in [0.15, 0.2) is 0 Å². The van der Waals surface area contributed by atoms with Gasteiger partial charge in [-0.25, -0.2) is 0 Å². The van der Waals surface area contributed by atoms with Crippen LogP contribution in [0.2, 0.25) is 0 Å². The van der Waals surface area contributed by atoms with E-state index in [9.17, 15) is 0 Å². The van der Waals surface area contributed by atoms with E-state index in [1.807, 2.05) is 6.20 Å². The zero-order chi connectivity index (χ0) is 15.2. The maximum Gasteiger partial charge on any atom is 0.0603 e. The molecule has 118 valence electrons. The number of rotatable bonds is 12. The zero-order valence-electron chi connectivity index (χ0n) is 14.5. The summed E-state index contributed by atoms with van der Waals surface area (Å²) in [4.78, 5) is 0. The first-order valence-electron chi connectivity index (χ1n) is 8.54. The Kier molecular flexibility index (Phi) is 12.9. The fourth-order valence-corrected chi connectivity index (χ4v) is 2.13. The second-order valence-corrected chi connectivity index (χ2v) is 6.84. The van der Waals surface area contributed by atoms with Crippen LogP contribution in [0.1, 0.15) is 86.0 Å². The summed E-state index contributed by atoms with van der Waals surface area (Å²) in [5, 5.41) is 8.41. The predicted molar refractivity (Wildman–Crippen MR) is 90.1 cm³/mol. The Bertz CT molecular complexity index is 265. The third-order valence-corrected chi connectivity index (χ3v) is 3.50. The first kappa shape index (κ1) is 19.3. The number of azo groups is 1. The van der Waals surface area contributed by atoms with Gasteiger partial charge in [0.2, 0.25) is 0 Å². The van der Waals surface area contributed by atoms with Gasteiger partial charge >= 0.3 is 0 Å². The molecule has 20 heavy (non-hydrogen) atoms. The predicted octanol–water partition coefficient (Wildman–Crippen LogP) is 6.78. The fraction of sp³-hybridized carbons (Fsp3) is 0.889. The maximum absolute atomic E-state index is 4.23. The quantitative estimate of drug-likeness (QED) is 0.278. The van der Waals surface area contributed by atoms with Crippen molar-refractivity contribution in [2.24, 2.45) is 22.1 Å². The Hall–Kier alpha value is -0.660. The van der Waals surface area contributed by atoms with Crippen molar-refractivity contribution < 1.29 is 0 Å². The van der Waals surface area contributed by atoms with Crippen molar-refractivity contribution in [2.45, 2.75) is 86.0 Å². The SMILES string of the molecule is C/C(=C\N=N/CCCCCC(C)C)CCCCC(C)C. The van der Waals surface area contributed by atoms with E-state index in [-0.39, 0.29) is 0 Å². The highest BCUT2D eigenvalue weighted by Crippen LogP contribution is 2.12. The fourth-order valence-electron chi connectivity index (χ4n) is 2.13. The van der Waals surface area contributed by atoms with Gasteiger partial charge in [0.05, 0.1) is 6.54 Å². The minimum absolute atomic E-state index is 0.828. The van der Waals surface area contributed by atoms with E-state index < -0.39 is 0 Å². The Balaban J connectivity index is 3.48. The largest absolute Gasteiger partial charge is 0.189 e. The molecule has 0 aromatic carbocycles. The van der Waals surface area contributed by atoms with Crippen LogP contribution in [0.3, 0.4) is 0 Å². The van der Waals surface area contributed by atoms with Crippen molar-refractivity contribution >= 4 is 0 Å². The van der Waals surface area contributed by atoms with Gasteiger partial charge < -0.3 is 0 Å². The topological polar surface area (TPSA) is 24.7 Å². The van der Waals surface area contributed by atoms with Crippen molar-refractivity contribution in [3.63, 3.8) is 0 Å². The summed E-state index contributed by atoms with van der Waals surface area (Å²) >= 11 is 0. The lowest BCUT2D eigenvalue weighted by Crippen LogP contribution is -1.88. The molecule has 0 aliphatic heterocycles. The molecule has 0 saturated heterocycles. The molecule has 0 atom stereocenters. The molecule has 0 heterocycles. The van der Waals surface area contributed by atoms with E-state index in [2.05, 4.69) is 44.8 Å². The molecule has 0 aliphatic rings. The molecule has 0 radical (unpaired) electrons. The minimum Gasteiger partial charge on any atom is -0.189 e. The smallest absolute Gasteiger partial charge is 0.0603 e. The van der Waals surface area contributed by atoms with Gasteiger partial charge in [0.1, 0.15) is 0 Å². The van der Waals surface area contributed by atoms with Gasteiger partial charge in [-0.15, -0.1) is 0 Å². The number of nitrogens with zero attached hydrogens (tertiary/aromatic N) is 2. The van der Waals surface area contributed by atoms with E-state index in [1.54, 1.807) is 0 Å². The van der Waals surface area contributed by atoms with Crippen molar-refractivity contribution in [3.05, 3.63) is 11.8 Å². The van der Waals surface area contributed by atoms with Crippen molar-refractivity contribution in [3.8, 4) is 0 Å².